The van der Waals surface area contributed by atoms with Gasteiger partial charge in [-0.05, 0) is 67.8 Å². The molecule has 4 amide bonds. The second kappa shape index (κ2) is 15.4. The minimum Gasteiger partial charge on any atom is -0.481 e. The standard InChI is InChI=1S/C34H38N6O5/c1-3-15-36-34(45)38-29-20-27(32(43)37-28(21-31(41)42)25-9-5-23(2)6-10-25)13-14-30(29)39-16-4-17-40(19-18-39)33(44)26-11-7-24(22-35)8-12-26/h5-14,20,28H,3-4,15-19,21H2,1-2H3,(H,37,43)(H,41,42)(H2,36,38,45). The first-order valence-corrected chi connectivity index (χ1v) is 15.0. The fourth-order valence-electron chi connectivity index (χ4n) is 5.16. The normalized spacial score (nSPS) is 13.6. The van der Waals surface area contributed by atoms with Crippen LogP contribution < -0.4 is 20.9 Å². The van der Waals surface area contributed by atoms with Crippen molar-refractivity contribution >= 4 is 35.2 Å². The van der Waals surface area contributed by atoms with Crippen molar-refractivity contribution in [2.24, 2.45) is 0 Å². The van der Waals surface area contributed by atoms with E-state index in [2.05, 4.69) is 26.9 Å². The summed E-state index contributed by atoms with van der Waals surface area (Å²) >= 11 is 0. The van der Waals surface area contributed by atoms with E-state index in [1.807, 2.05) is 26.0 Å². The molecule has 45 heavy (non-hydrogen) atoms. The van der Waals surface area contributed by atoms with Crippen molar-refractivity contribution < 1.29 is 24.3 Å². The molecule has 0 aromatic heterocycles. The van der Waals surface area contributed by atoms with Gasteiger partial charge in [0.05, 0.1) is 35.5 Å². The molecule has 3 aromatic rings. The van der Waals surface area contributed by atoms with E-state index in [1.54, 1.807) is 59.5 Å². The summed E-state index contributed by atoms with van der Waals surface area (Å²) in [6, 6.07) is 19.8. The number of hydrogen-bond acceptors (Lipinski definition) is 6. The molecule has 1 saturated heterocycles. The molecule has 0 radical (unpaired) electrons. The molecule has 1 fully saturated rings. The van der Waals surface area contributed by atoms with Crippen molar-refractivity contribution in [3.05, 3.63) is 94.5 Å². The number of carboxylic acids is 1. The number of rotatable bonds is 10. The largest absolute Gasteiger partial charge is 0.481 e. The molecule has 1 unspecified atom stereocenters. The lowest BCUT2D eigenvalue weighted by Crippen LogP contribution is -2.36. The van der Waals surface area contributed by atoms with Crippen LogP contribution >= 0.6 is 0 Å². The number of nitrogens with one attached hydrogen (secondary N) is 3. The van der Waals surface area contributed by atoms with Gasteiger partial charge >= 0.3 is 12.0 Å². The van der Waals surface area contributed by atoms with Crippen LogP contribution in [0, 0.1) is 18.3 Å². The summed E-state index contributed by atoms with van der Waals surface area (Å²) in [7, 11) is 0. The zero-order valence-electron chi connectivity index (χ0n) is 25.5. The smallest absolute Gasteiger partial charge is 0.319 e. The van der Waals surface area contributed by atoms with E-state index >= 15 is 0 Å². The van der Waals surface area contributed by atoms with Gasteiger partial charge in [0.2, 0.25) is 0 Å². The second-order valence-corrected chi connectivity index (χ2v) is 11.0. The van der Waals surface area contributed by atoms with Gasteiger partial charge in [-0.1, -0.05) is 36.8 Å². The zero-order valence-corrected chi connectivity index (χ0v) is 25.5. The molecule has 1 heterocycles. The number of carboxylic acid groups (broad SMARTS) is 1. The number of anilines is 2. The Kier molecular flexibility index (Phi) is 11.1. The lowest BCUT2D eigenvalue weighted by molar-refractivity contribution is -0.137. The molecule has 4 N–H and O–H groups in total. The molecule has 0 saturated carbocycles. The number of amides is 4. The van der Waals surface area contributed by atoms with Crippen molar-refractivity contribution in [2.75, 3.05) is 42.9 Å². The van der Waals surface area contributed by atoms with Crippen molar-refractivity contribution in [3.8, 4) is 6.07 Å². The van der Waals surface area contributed by atoms with E-state index < -0.39 is 23.9 Å². The zero-order chi connectivity index (χ0) is 32.3. The molecule has 3 aromatic carbocycles. The maximum absolute atomic E-state index is 13.4. The van der Waals surface area contributed by atoms with Gasteiger partial charge in [-0.25, -0.2) is 4.79 Å². The highest BCUT2D eigenvalue weighted by Crippen LogP contribution is 2.29. The van der Waals surface area contributed by atoms with E-state index in [0.717, 1.165) is 12.0 Å². The highest BCUT2D eigenvalue weighted by atomic mass is 16.4. The molecule has 1 aliphatic rings. The molecule has 4 rings (SSSR count). The van der Waals surface area contributed by atoms with Crippen molar-refractivity contribution in [1.29, 1.82) is 5.26 Å². The maximum Gasteiger partial charge on any atom is 0.319 e. The van der Waals surface area contributed by atoms with Crippen LogP contribution in [0.25, 0.3) is 0 Å². The molecule has 11 heteroatoms. The number of carbonyl (C=O) groups excluding carboxylic acids is 3. The topological polar surface area (TPSA) is 155 Å². The van der Waals surface area contributed by atoms with E-state index in [1.165, 1.54) is 0 Å². The van der Waals surface area contributed by atoms with E-state index in [0.29, 0.717) is 67.2 Å². The Hall–Kier alpha value is -5.37. The van der Waals surface area contributed by atoms with Gasteiger partial charge in [-0.3, -0.25) is 14.4 Å². The third-order valence-electron chi connectivity index (χ3n) is 7.59. The van der Waals surface area contributed by atoms with Gasteiger partial charge in [0, 0.05) is 43.9 Å². The molecule has 234 valence electrons. The lowest BCUT2D eigenvalue weighted by atomic mass is 10.0. The van der Waals surface area contributed by atoms with E-state index in [9.17, 15) is 24.3 Å². The van der Waals surface area contributed by atoms with Crippen LogP contribution in [0.1, 0.15) is 69.6 Å². The Labute approximate surface area is 262 Å². The fraction of sp³-hybridized carbons (Fsp3) is 0.324. The summed E-state index contributed by atoms with van der Waals surface area (Å²) < 4.78 is 0. The number of aryl methyl sites for hydroxylation is 1. The van der Waals surface area contributed by atoms with Crippen LogP contribution in [-0.2, 0) is 4.79 Å². The summed E-state index contributed by atoms with van der Waals surface area (Å²) in [6.07, 6.45) is 1.14. The van der Waals surface area contributed by atoms with Crippen LogP contribution in [0.4, 0.5) is 16.2 Å². The Balaban J connectivity index is 1.55. The third kappa shape index (κ3) is 8.83. The quantitative estimate of drug-likeness (QED) is 0.259. The van der Waals surface area contributed by atoms with Crippen LogP contribution in [0.5, 0.6) is 0 Å². The van der Waals surface area contributed by atoms with Gasteiger partial charge in [0.25, 0.3) is 11.8 Å². The number of benzene rings is 3. The number of carbonyl (C=O) groups is 4. The third-order valence-corrected chi connectivity index (χ3v) is 7.59. The lowest BCUT2D eigenvalue weighted by Gasteiger charge is -2.27. The molecular weight excluding hydrogens is 572 g/mol. The minimum absolute atomic E-state index is 0.116. The number of hydrogen-bond donors (Lipinski definition) is 4. The monoisotopic (exact) mass is 610 g/mol. The predicted octanol–water partition coefficient (Wildman–Crippen LogP) is 4.70. The number of aliphatic carboxylic acids is 1. The first-order valence-electron chi connectivity index (χ1n) is 15.0. The van der Waals surface area contributed by atoms with Crippen molar-refractivity contribution in [3.63, 3.8) is 0 Å². The second-order valence-electron chi connectivity index (χ2n) is 11.0. The van der Waals surface area contributed by atoms with Crippen molar-refractivity contribution in [1.82, 2.24) is 15.5 Å². The van der Waals surface area contributed by atoms with Gasteiger partial charge < -0.3 is 30.9 Å². The summed E-state index contributed by atoms with van der Waals surface area (Å²) in [5.74, 6) is -1.63. The summed E-state index contributed by atoms with van der Waals surface area (Å²) in [4.78, 5) is 54.8. The highest BCUT2D eigenvalue weighted by molar-refractivity contribution is 6.00. The van der Waals surface area contributed by atoms with E-state index in [4.69, 9.17) is 5.26 Å². The Morgan fingerprint density at radius 2 is 1.64 bits per heavy atom. The first kappa shape index (κ1) is 32.5. The highest BCUT2D eigenvalue weighted by Gasteiger charge is 2.24. The van der Waals surface area contributed by atoms with Crippen LogP contribution in [-0.4, -0.2) is 66.5 Å². The fourth-order valence-corrected chi connectivity index (χ4v) is 5.16. The Morgan fingerprint density at radius 3 is 2.31 bits per heavy atom. The molecule has 0 bridgehead atoms. The molecular formula is C34H38N6O5. The average molecular weight is 611 g/mol. The summed E-state index contributed by atoms with van der Waals surface area (Å²) in [5, 5.41) is 27.1. The Morgan fingerprint density at radius 1 is 0.933 bits per heavy atom. The number of nitriles is 1. The van der Waals surface area contributed by atoms with Gasteiger partial charge in [0.1, 0.15) is 0 Å². The van der Waals surface area contributed by atoms with Gasteiger partial charge in [0.15, 0.2) is 0 Å². The molecule has 0 aliphatic carbocycles. The summed E-state index contributed by atoms with van der Waals surface area (Å²) in [5.41, 5.74) is 4.08. The van der Waals surface area contributed by atoms with Crippen molar-refractivity contribution in [2.45, 2.75) is 39.2 Å². The first-order chi connectivity index (χ1) is 21.7. The predicted molar refractivity (Wildman–Crippen MR) is 171 cm³/mol. The summed E-state index contributed by atoms with van der Waals surface area (Å²) in [6.45, 7) is 6.44. The minimum atomic E-state index is -1.04. The number of nitrogens with zero attached hydrogens (tertiary/aromatic N) is 3. The van der Waals surface area contributed by atoms with Gasteiger partial charge in [-0.2, -0.15) is 5.26 Å². The van der Waals surface area contributed by atoms with Crippen LogP contribution in [0.3, 0.4) is 0 Å². The average Bonchev–Trinajstić information content (AvgIpc) is 3.29. The number of urea groups is 1. The molecule has 1 aliphatic heterocycles. The maximum atomic E-state index is 13.4. The molecule has 0 spiro atoms. The molecule has 1 atom stereocenters. The Bertz CT molecular complexity index is 1570. The van der Waals surface area contributed by atoms with Crippen LogP contribution in [0.2, 0.25) is 0 Å². The SMILES string of the molecule is CCCNC(=O)Nc1cc(C(=O)NC(CC(=O)O)c2ccc(C)cc2)ccc1N1CCCN(C(=O)c2ccc(C#N)cc2)CC1. The van der Waals surface area contributed by atoms with Gasteiger partial charge in [-0.15, -0.1) is 0 Å². The molecule has 11 nitrogen and oxygen atoms in total. The van der Waals surface area contributed by atoms with E-state index in [-0.39, 0.29) is 17.9 Å². The van der Waals surface area contributed by atoms with Crippen LogP contribution in [0.15, 0.2) is 66.7 Å².